The molecule has 0 atom stereocenters. The van der Waals surface area contributed by atoms with Crippen LogP contribution in [0.25, 0.3) is 0 Å². The number of carbonyl (C=O) groups excluding carboxylic acids is 1. The minimum Gasteiger partial charge on any atom is -0.380 e. The van der Waals surface area contributed by atoms with Crippen LogP contribution in [0.4, 0.5) is 16.3 Å². The lowest BCUT2D eigenvalue weighted by atomic mass is 10.2. The average Bonchev–Trinajstić information content (AvgIpc) is 2.42. The predicted octanol–water partition coefficient (Wildman–Crippen LogP) is 2.27. The number of aromatic nitrogens is 2. The van der Waals surface area contributed by atoms with Gasteiger partial charge in [-0.05, 0) is 29.8 Å². The minimum atomic E-state index is -0.361. The first-order chi connectivity index (χ1) is 9.28. The lowest BCUT2D eigenvalue weighted by Gasteiger charge is -2.07. The molecule has 1 heterocycles. The van der Waals surface area contributed by atoms with Gasteiger partial charge in [-0.3, -0.25) is 5.32 Å². The van der Waals surface area contributed by atoms with Crippen molar-refractivity contribution in [1.82, 2.24) is 10.2 Å². The second kappa shape index (κ2) is 6.46. The van der Waals surface area contributed by atoms with Gasteiger partial charge in [0, 0.05) is 19.0 Å². The highest BCUT2D eigenvalue weighted by Crippen LogP contribution is 2.10. The van der Waals surface area contributed by atoms with Crippen LogP contribution >= 0.6 is 0 Å². The van der Waals surface area contributed by atoms with E-state index in [0.29, 0.717) is 18.1 Å². The van der Waals surface area contributed by atoms with E-state index in [-0.39, 0.29) is 6.03 Å². The molecule has 0 radical (unpaired) electrons. The molecule has 0 saturated carbocycles. The molecule has 19 heavy (non-hydrogen) atoms. The summed E-state index contributed by atoms with van der Waals surface area (Å²) in [5.74, 6) is 0.399. The number of benzene rings is 1. The Morgan fingerprint density at radius 2 is 2.00 bits per heavy atom. The summed E-state index contributed by atoms with van der Waals surface area (Å²) in [6.07, 6.45) is 1.54. The van der Waals surface area contributed by atoms with Crippen molar-refractivity contribution in [2.75, 3.05) is 17.7 Å². The molecule has 0 fully saturated rings. The van der Waals surface area contributed by atoms with E-state index < -0.39 is 0 Å². The van der Waals surface area contributed by atoms with Crippen LogP contribution in [0.5, 0.6) is 0 Å². The zero-order valence-corrected chi connectivity index (χ0v) is 10.5. The van der Waals surface area contributed by atoms with Crippen molar-refractivity contribution in [3.63, 3.8) is 0 Å². The van der Waals surface area contributed by atoms with Crippen LogP contribution < -0.4 is 10.6 Å². The number of nitrogens with zero attached hydrogens (tertiary/aromatic N) is 2. The number of hydrogen-bond acceptors (Lipinski definition) is 4. The molecule has 2 rings (SSSR count). The van der Waals surface area contributed by atoms with E-state index in [0.717, 1.165) is 5.56 Å². The van der Waals surface area contributed by atoms with Gasteiger partial charge in [0.05, 0.1) is 6.61 Å². The zero-order chi connectivity index (χ0) is 13.5. The molecule has 0 spiro atoms. The number of urea groups is 1. The summed E-state index contributed by atoms with van der Waals surface area (Å²) in [7, 11) is 1.64. The van der Waals surface area contributed by atoms with Gasteiger partial charge in [-0.2, -0.15) is 5.10 Å². The number of amides is 2. The molecular formula is C13H14N4O2. The molecule has 2 aromatic rings. The molecule has 98 valence electrons. The Balaban J connectivity index is 1.91. The van der Waals surface area contributed by atoms with Crippen LogP contribution in [-0.4, -0.2) is 23.3 Å². The maximum atomic E-state index is 11.7. The van der Waals surface area contributed by atoms with E-state index in [9.17, 15) is 4.79 Å². The zero-order valence-electron chi connectivity index (χ0n) is 10.5. The summed E-state index contributed by atoms with van der Waals surface area (Å²) in [5, 5.41) is 12.7. The van der Waals surface area contributed by atoms with Crippen LogP contribution in [0.2, 0.25) is 0 Å². The summed E-state index contributed by atoms with van der Waals surface area (Å²) in [6.45, 7) is 0.548. The molecule has 2 N–H and O–H groups in total. The molecule has 0 aliphatic rings. The van der Waals surface area contributed by atoms with Gasteiger partial charge in [0.2, 0.25) is 0 Å². The third kappa shape index (κ3) is 4.04. The van der Waals surface area contributed by atoms with Crippen LogP contribution in [0.15, 0.2) is 42.6 Å². The van der Waals surface area contributed by atoms with Gasteiger partial charge in [-0.25, -0.2) is 4.79 Å². The topological polar surface area (TPSA) is 76.1 Å². The summed E-state index contributed by atoms with van der Waals surface area (Å²) in [4.78, 5) is 11.7. The maximum Gasteiger partial charge on any atom is 0.324 e. The van der Waals surface area contributed by atoms with Gasteiger partial charge in [0.15, 0.2) is 5.82 Å². The molecule has 1 aromatic carbocycles. The van der Waals surface area contributed by atoms with E-state index in [1.54, 1.807) is 19.2 Å². The predicted molar refractivity (Wildman–Crippen MR) is 71.8 cm³/mol. The summed E-state index contributed by atoms with van der Waals surface area (Å²) >= 11 is 0. The van der Waals surface area contributed by atoms with Crippen molar-refractivity contribution < 1.29 is 9.53 Å². The van der Waals surface area contributed by atoms with Crippen molar-refractivity contribution in [2.45, 2.75) is 6.61 Å². The Morgan fingerprint density at radius 1 is 1.21 bits per heavy atom. The van der Waals surface area contributed by atoms with Crippen LogP contribution in [0.1, 0.15) is 5.56 Å². The van der Waals surface area contributed by atoms with Crippen LogP contribution in [0, 0.1) is 0 Å². The van der Waals surface area contributed by atoms with E-state index in [2.05, 4.69) is 20.8 Å². The fraction of sp³-hybridized carbons (Fsp3) is 0.154. The molecule has 0 unspecified atom stereocenters. The number of anilines is 2. The smallest absolute Gasteiger partial charge is 0.324 e. The van der Waals surface area contributed by atoms with E-state index in [1.807, 2.05) is 24.3 Å². The normalized spacial score (nSPS) is 9.95. The number of ether oxygens (including phenoxy) is 1. The highest BCUT2D eigenvalue weighted by molar-refractivity contribution is 5.99. The SMILES string of the molecule is COCc1ccc(NC(=O)Nc2cccnn2)cc1. The highest BCUT2D eigenvalue weighted by Gasteiger charge is 2.03. The van der Waals surface area contributed by atoms with Gasteiger partial charge in [0.1, 0.15) is 0 Å². The summed E-state index contributed by atoms with van der Waals surface area (Å²) < 4.78 is 5.01. The van der Waals surface area contributed by atoms with E-state index in [1.165, 1.54) is 6.20 Å². The van der Waals surface area contributed by atoms with Crippen molar-refractivity contribution in [2.24, 2.45) is 0 Å². The average molecular weight is 258 g/mol. The number of hydrogen-bond donors (Lipinski definition) is 2. The number of carbonyl (C=O) groups is 1. The Bertz CT molecular complexity index is 528. The van der Waals surface area contributed by atoms with Crippen LogP contribution in [0.3, 0.4) is 0 Å². The summed E-state index contributed by atoms with van der Waals surface area (Å²) in [6, 6.07) is 10.4. The van der Waals surface area contributed by atoms with Crippen molar-refractivity contribution >= 4 is 17.5 Å². The van der Waals surface area contributed by atoms with E-state index in [4.69, 9.17) is 4.74 Å². The third-order valence-electron chi connectivity index (χ3n) is 2.34. The first-order valence-electron chi connectivity index (χ1n) is 5.71. The Labute approximate surface area is 110 Å². The third-order valence-corrected chi connectivity index (χ3v) is 2.34. The van der Waals surface area contributed by atoms with E-state index >= 15 is 0 Å². The Hall–Kier alpha value is -2.47. The van der Waals surface area contributed by atoms with Gasteiger partial charge in [-0.1, -0.05) is 12.1 Å². The second-order valence-corrected chi connectivity index (χ2v) is 3.82. The second-order valence-electron chi connectivity index (χ2n) is 3.82. The molecule has 0 saturated heterocycles. The Morgan fingerprint density at radius 3 is 2.63 bits per heavy atom. The summed E-state index contributed by atoms with van der Waals surface area (Å²) in [5.41, 5.74) is 1.74. The number of rotatable bonds is 4. The molecule has 2 amide bonds. The molecule has 6 heteroatoms. The Kier molecular flexibility index (Phi) is 4.41. The standard InChI is InChI=1S/C13H14N4O2/c1-19-9-10-4-6-11(7-5-10)15-13(18)16-12-3-2-8-14-17-12/h2-8H,9H2,1H3,(H2,15,16,17,18). The lowest BCUT2D eigenvalue weighted by molar-refractivity contribution is 0.185. The molecular weight excluding hydrogens is 244 g/mol. The van der Waals surface area contributed by atoms with Crippen molar-refractivity contribution in [3.05, 3.63) is 48.2 Å². The lowest BCUT2D eigenvalue weighted by Crippen LogP contribution is -2.20. The molecule has 0 bridgehead atoms. The van der Waals surface area contributed by atoms with Gasteiger partial charge in [-0.15, -0.1) is 5.10 Å². The quantitative estimate of drug-likeness (QED) is 0.882. The molecule has 0 aliphatic heterocycles. The maximum absolute atomic E-state index is 11.7. The highest BCUT2D eigenvalue weighted by atomic mass is 16.5. The van der Waals surface area contributed by atoms with Gasteiger partial charge in [0.25, 0.3) is 0 Å². The fourth-order valence-electron chi connectivity index (χ4n) is 1.50. The molecule has 1 aromatic heterocycles. The van der Waals surface area contributed by atoms with Crippen molar-refractivity contribution in [3.8, 4) is 0 Å². The number of methoxy groups -OCH3 is 1. The van der Waals surface area contributed by atoms with Crippen molar-refractivity contribution in [1.29, 1.82) is 0 Å². The van der Waals surface area contributed by atoms with Gasteiger partial charge < -0.3 is 10.1 Å². The minimum absolute atomic E-state index is 0.361. The first kappa shape index (κ1) is 13.0. The largest absolute Gasteiger partial charge is 0.380 e. The molecule has 6 nitrogen and oxygen atoms in total. The fourth-order valence-corrected chi connectivity index (χ4v) is 1.50. The van der Waals surface area contributed by atoms with Gasteiger partial charge >= 0.3 is 6.03 Å². The van der Waals surface area contributed by atoms with Crippen LogP contribution in [-0.2, 0) is 11.3 Å². The number of nitrogens with one attached hydrogen (secondary N) is 2. The first-order valence-corrected chi connectivity index (χ1v) is 5.71. The molecule has 0 aliphatic carbocycles. The monoisotopic (exact) mass is 258 g/mol.